The highest BCUT2D eigenvalue weighted by molar-refractivity contribution is 9.10. The van der Waals surface area contributed by atoms with Gasteiger partial charge in [0.05, 0.1) is 6.04 Å². The summed E-state index contributed by atoms with van der Waals surface area (Å²) >= 11 is 5.38. The van der Waals surface area contributed by atoms with E-state index in [0.717, 1.165) is 17.6 Å². The molecule has 0 spiro atoms. The van der Waals surface area contributed by atoms with Gasteiger partial charge in [0.2, 0.25) is 0 Å². The summed E-state index contributed by atoms with van der Waals surface area (Å²) in [6.07, 6.45) is 0. The zero-order valence-corrected chi connectivity index (χ0v) is 14.6. The Morgan fingerprint density at radius 3 is 2.80 bits per heavy atom. The van der Waals surface area contributed by atoms with Crippen molar-refractivity contribution in [3.63, 3.8) is 0 Å². The minimum Gasteiger partial charge on any atom is -0.367 e. The molecule has 1 unspecified atom stereocenters. The third-order valence-electron chi connectivity index (χ3n) is 3.52. The van der Waals surface area contributed by atoms with Crippen molar-refractivity contribution in [3.8, 4) is 0 Å². The molecule has 20 heavy (non-hydrogen) atoms. The molecule has 0 saturated heterocycles. The van der Waals surface area contributed by atoms with Gasteiger partial charge in [-0.05, 0) is 48.7 Å². The van der Waals surface area contributed by atoms with E-state index in [1.807, 2.05) is 11.3 Å². The van der Waals surface area contributed by atoms with Gasteiger partial charge in [0, 0.05) is 28.6 Å². The highest BCUT2D eigenvalue weighted by Crippen LogP contribution is 2.31. The molecule has 1 atom stereocenters. The summed E-state index contributed by atoms with van der Waals surface area (Å²) < 4.78 is 1.13. The van der Waals surface area contributed by atoms with Crippen molar-refractivity contribution >= 4 is 33.0 Å². The van der Waals surface area contributed by atoms with Crippen molar-refractivity contribution in [1.82, 2.24) is 5.32 Å². The Labute approximate surface area is 133 Å². The molecule has 0 aliphatic carbocycles. The largest absolute Gasteiger partial charge is 0.367 e. The lowest BCUT2D eigenvalue weighted by Crippen LogP contribution is -2.23. The lowest BCUT2D eigenvalue weighted by Gasteiger charge is -2.28. The van der Waals surface area contributed by atoms with E-state index < -0.39 is 0 Å². The summed E-state index contributed by atoms with van der Waals surface area (Å²) in [5.74, 6) is 0. The number of hydrogen-bond acceptors (Lipinski definition) is 3. The van der Waals surface area contributed by atoms with Gasteiger partial charge in [0.15, 0.2) is 0 Å². The second kappa shape index (κ2) is 7.25. The zero-order chi connectivity index (χ0) is 14.5. The Morgan fingerprint density at radius 2 is 2.15 bits per heavy atom. The quantitative estimate of drug-likeness (QED) is 0.801. The van der Waals surface area contributed by atoms with Crippen molar-refractivity contribution in [2.75, 3.05) is 18.5 Å². The second-order valence-electron chi connectivity index (χ2n) is 4.86. The predicted octanol–water partition coefficient (Wildman–Crippen LogP) is 4.82. The van der Waals surface area contributed by atoms with Crippen LogP contribution in [-0.2, 0) is 6.54 Å². The monoisotopic (exact) mass is 352 g/mol. The first kappa shape index (κ1) is 15.5. The van der Waals surface area contributed by atoms with Crippen LogP contribution in [0.1, 0.15) is 30.3 Å². The number of hydrogen-bond donors (Lipinski definition) is 1. The van der Waals surface area contributed by atoms with Gasteiger partial charge in [-0.2, -0.15) is 0 Å². The van der Waals surface area contributed by atoms with E-state index in [1.165, 1.54) is 16.1 Å². The smallest absolute Gasteiger partial charge is 0.0603 e. The molecule has 0 aliphatic heterocycles. The number of rotatable bonds is 6. The van der Waals surface area contributed by atoms with Gasteiger partial charge >= 0.3 is 0 Å². The van der Waals surface area contributed by atoms with Crippen molar-refractivity contribution in [2.45, 2.75) is 26.4 Å². The minimum atomic E-state index is 0.386. The molecule has 0 radical (unpaired) electrons. The highest BCUT2D eigenvalue weighted by Gasteiger charge is 2.16. The number of nitrogens with zero attached hydrogens (tertiary/aromatic N) is 1. The van der Waals surface area contributed by atoms with Gasteiger partial charge in [-0.15, -0.1) is 11.3 Å². The van der Waals surface area contributed by atoms with Crippen molar-refractivity contribution in [2.24, 2.45) is 0 Å². The lowest BCUT2D eigenvalue weighted by molar-refractivity contribution is 0.708. The molecular weight excluding hydrogens is 332 g/mol. The van der Waals surface area contributed by atoms with Gasteiger partial charge in [-0.25, -0.2) is 0 Å². The van der Waals surface area contributed by atoms with Crippen LogP contribution in [0.25, 0.3) is 0 Å². The van der Waals surface area contributed by atoms with Crippen LogP contribution in [-0.4, -0.2) is 13.6 Å². The molecule has 0 saturated carbocycles. The number of halogens is 1. The minimum absolute atomic E-state index is 0.386. The predicted molar refractivity (Wildman–Crippen MR) is 92.7 cm³/mol. The number of thiophene rings is 1. The van der Waals surface area contributed by atoms with Crippen LogP contribution in [0.3, 0.4) is 0 Å². The van der Waals surface area contributed by atoms with Crippen LogP contribution in [0, 0.1) is 0 Å². The molecular formula is C16H21BrN2S. The molecule has 1 aromatic heterocycles. The van der Waals surface area contributed by atoms with E-state index in [-0.39, 0.29) is 0 Å². The maximum atomic E-state index is 3.57. The summed E-state index contributed by atoms with van der Waals surface area (Å²) in [6.45, 7) is 6.27. The molecule has 1 aromatic carbocycles. The van der Waals surface area contributed by atoms with Crippen LogP contribution >= 0.6 is 27.3 Å². The molecule has 4 heteroatoms. The SMILES string of the molecule is CCNCc1cc(Br)ccc1N(C)C(C)c1cccs1. The Hall–Kier alpha value is -0.840. The van der Waals surface area contributed by atoms with Crippen LogP contribution < -0.4 is 10.2 Å². The lowest BCUT2D eigenvalue weighted by atomic mass is 10.1. The Balaban J connectivity index is 2.26. The average molecular weight is 353 g/mol. The molecule has 0 amide bonds. The molecule has 1 N–H and O–H groups in total. The summed E-state index contributed by atoms with van der Waals surface area (Å²) in [5.41, 5.74) is 2.61. The molecule has 0 aliphatic rings. The Kier molecular flexibility index (Phi) is 5.64. The van der Waals surface area contributed by atoms with Crippen molar-refractivity contribution in [3.05, 3.63) is 50.6 Å². The fourth-order valence-corrected chi connectivity index (χ4v) is 3.46. The van der Waals surface area contributed by atoms with E-state index in [1.54, 1.807) is 0 Å². The van der Waals surface area contributed by atoms with Crippen LogP contribution in [0.2, 0.25) is 0 Å². The van der Waals surface area contributed by atoms with E-state index >= 15 is 0 Å². The summed E-state index contributed by atoms with van der Waals surface area (Å²) in [6, 6.07) is 11.2. The van der Waals surface area contributed by atoms with E-state index in [2.05, 4.69) is 82.8 Å². The number of anilines is 1. The topological polar surface area (TPSA) is 15.3 Å². The van der Waals surface area contributed by atoms with Crippen LogP contribution in [0.15, 0.2) is 40.2 Å². The number of nitrogens with one attached hydrogen (secondary N) is 1. The molecule has 0 fully saturated rings. The fraction of sp³-hybridized carbons (Fsp3) is 0.375. The first-order chi connectivity index (χ1) is 9.63. The van der Waals surface area contributed by atoms with Gasteiger partial charge in [0.1, 0.15) is 0 Å². The molecule has 1 heterocycles. The molecule has 2 rings (SSSR count). The van der Waals surface area contributed by atoms with E-state index in [9.17, 15) is 0 Å². The third-order valence-corrected chi connectivity index (χ3v) is 5.06. The summed E-state index contributed by atoms with van der Waals surface area (Å²) in [7, 11) is 2.17. The second-order valence-corrected chi connectivity index (χ2v) is 6.75. The van der Waals surface area contributed by atoms with Crippen molar-refractivity contribution < 1.29 is 0 Å². The van der Waals surface area contributed by atoms with Gasteiger partial charge in [-0.3, -0.25) is 0 Å². The van der Waals surface area contributed by atoms with E-state index in [0.29, 0.717) is 6.04 Å². The average Bonchev–Trinajstić information content (AvgIpc) is 2.97. The maximum Gasteiger partial charge on any atom is 0.0603 e. The number of benzene rings is 1. The Morgan fingerprint density at radius 1 is 1.35 bits per heavy atom. The van der Waals surface area contributed by atoms with Gasteiger partial charge in [-0.1, -0.05) is 28.9 Å². The first-order valence-corrected chi connectivity index (χ1v) is 8.56. The normalized spacial score (nSPS) is 12.4. The molecule has 2 nitrogen and oxygen atoms in total. The van der Waals surface area contributed by atoms with Crippen molar-refractivity contribution in [1.29, 1.82) is 0 Å². The Bertz CT molecular complexity index is 539. The summed E-state index contributed by atoms with van der Waals surface area (Å²) in [5, 5.41) is 5.56. The summed E-state index contributed by atoms with van der Waals surface area (Å²) in [4.78, 5) is 3.75. The first-order valence-electron chi connectivity index (χ1n) is 6.88. The van der Waals surface area contributed by atoms with Gasteiger partial charge in [0.25, 0.3) is 0 Å². The third kappa shape index (κ3) is 3.62. The standard InChI is InChI=1S/C16H21BrN2S/c1-4-18-11-13-10-14(17)7-8-15(13)19(3)12(2)16-6-5-9-20-16/h5-10,12,18H,4,11H2,1-3H3. The zero-order valence-electron chi connectivity index (χ0n) is 12.2. The molecule has 0 bridgehead atoms. The van der Waals surface area contributed by atoms with Crippen LogP contribution in [0.5, 0.6) is 0 Å². The maximum absolute atomic E-state index is 3.57. The highest BCUT2D eigenvalue weighted by atomic mass is 79.9. The van der Waals surface area contributed by atoms with Gasteiger partial charge < -0.3 is 10.2 Å². The fourth-order valence-electron chi connectivity index (χ4n) is 2.23. The van der Waals surface area contributed by atoms with E-state index in [4.69, 9.17) is 0 Å². The molecule has 108 valence electrons. The molecule has 2 aromatic rings. The van der Waals surface area contributed by atoms with Crippen LogP contribution in [0.4, 0.5) is 5.69 Å².